The minimum Gasteiger partial charge on any atom is -0.394 e. The average molecular weight is 182 g/mol. The summed E-state index contributed by atoms with van der Waals surface area (Å²) in [5.41, 5.74) is 6.35. The topological polar surface area (TPSA) is 77.7 Å². The number of hydrogen-bond donors (Lipinski definition) is 2. The summed E-state index contributed by atoms with van der Waals surface area (Å²) in [5.74, 6) is 0.455. The van der Waals surface area contributed by atoms with Gasteiger partial charge in [-0.3, -0.25) is 0 Å². The van der Waals surface area contributed by atoms with Gasteiger partial charge in [0.1, 0.15) is 6.61 Å². The number of nitrogen functional groups attached to an aromatic ring is 1. The zero-order chi connectivity index (χ0) is 9.26. The van der Waals surface area contributed by atoms with E-state index in [0.717, 1.165) is 5.65 Å². The largest absolute Gasteiger partial charge is 0.394 e. The van der Waals surface area contributed by atoms with Crippen molar-refractivity contribution < 1.29 is 9.94 Å². The summed E-state index contributed by atoms with van der Waals surface area (Å²) in [4.78, 5) is 10.6. The highest BCUT2D eigenvalue weighted by Crippen LogP contribution is 2.08. The Morgan fingerprint density at radius 3 is 3.23 bits per heavy atom. The molecule has 0 aliphatic rings. The molecule has 0 bridgehead atoms. The summed E-state index contributed by atoms with van der Waals surface area (Å²) in [6.07, 6.45) is 3.37. The van der Waals surface area contributed by atoms with Crippen molar-refractivity contribution in [2.45, 2.75) is 0 Å². The van der Waals surface area contributed by atoms with E-state index in [1.54, 1.807) is 23.0 Å². The molecule has 0 spiro atoms. The Morgan fingerprint density at radius 1 is 1.62 bits per heavy atom. The first-order chi connectivity index (χ1) is 6.33. The van der Waals surface area contributed by atoms with Crippen molar-refractivity contribution in [3.63, 3.8) is 0 Å². The third-order valence-electron chi connectivity index (χ3n) is 1.65. The Bertz CT molecular complexity index is 405. The van der Waals surface area contributed by atoms with Crippen molar-refractivity contribution in [1.82, 2.24) is 14.3 Å². The minimum absolute atomic E-state index is 0.0478. The van der Waals surface area contributed by atoms with E-state index in [2.05, 4.69) is 4.98 Å². The van der Waals surface area contributed by atoms with Crippen LogP contribution < -0.4 is 10.6 Å². The molecule has 2 rings (SSSR count). The smallest absolute Gasteiger partial charge is 0.163 e. The van der Waals surface area contributed by atoms with Gasteiger partial charge in [0, 0.05) is 12.3 Å². The number of anilines is 1. The third kappa shape index (κ3) is 1.20. The first-order valence-electron chi connectivity index (χ1n) is 3.87. The van der Waals surface area contributed by atoms with Crippen LogP contribution in [0.15, 0.2) is 18.5 Å². The Hall–Kier alpha value is -1.69. The molecule has 3 N–H and O–H groups in total. The van der Waals surface area contributed by atoms with Crippen LogP contribution in [0, 0.1) is 0 Å². The maximum absolute atomic E-state index is 8.57. The van der Waals surface area contributed by atoms with Gasteiger partial charge in [0.2, 0.25) is 0 Å². The van der Waals surface area contributed by atoms with E-state index in [4.69, 9.17) is 15.7 Å². The number of aliphatic hydroxyl groups excluding tert-OH is 1. The Balaban J connectivity index is 2.39. The molecule has 0 amide bonds. The molecule has 0 fully saturated rings. The standard InChI is InChI=1S/C7H10N4O2/c8-6-5-7-9-1-2-10(7)11(6)13-4-3-12/h1-2,5,12H,3-4,8H2. The lowest BCUT2D eigenvalue weighted by Crippen LogP contribution is -2.20. The molecule has 0 aliphatic heterocycles. The molecule has 0 radical (unpaired) electrons. The van der Waals surface area contributed by atoms with E-state index >= 15 is 0 Å². The predicted octanol–water partition coefficient (Wildman–Crippen LogP) is -0.861. The number of aromatic nitrogens is 3. The van der Waals surface area contributed by atoms with E-state index < -0.39 is 0 Å². The van der Waals surface area contributed by atoms with Crippen LogP contribution in [0.1, 0.15) is 0 Å². The Labute approximate surface area is 74.1 Å². The van der Waals surface area contributed by atoms with Crippen LogP contribution in [-0.4, -0.2) is 32.7 Å². The monoisotopic (exact) mass is 182 g/mol. The molecule has 2 aromatic rings. The highest BCUT2D eigenvalue weighted by atomic mass is 16.7. The van der Waals surface area contributed by atoms with Gasteiger partial charge in [0.15, 0.2) is 11.5 Å². The van der Waals surface area contributed by atoms with Gasteiger partial charge in [-0.05, 0) is 0 Å². The van der Waals surface area contributed by atoms with E-state index in [0.29, 0.717) is 5.82 Å². The summed E-state index contributed by atoms with van der Waals surface area (Å²) in [6, 6.07) is 1.69. The SMILES string of the molecule is Nc1cc2nccn2n1OCCO. The number of hydrogen-bond acceptors (Lipinski definition) is 4. The molecule has 6 nitrogen and oxygen atoms in total. The molecule has 13 heavy (non-hydrogen) atoms. The number of nitrogens with two attached hydrogens (primary N) is 1. The van der Waals surface area contributed by atoms with Crippen LogP contribution in [0.4, 0.5) is 5.82 Å². The molecule has 0 aromatic carbocycles. The fraction of sp³-hybridized carbons (Fsp3) is 0.286. The maximum Gasteiger partial charge on any atom is 0.163 e. The van der Waals surface area contributed by atoms with Crippen LogP contribution in [0.2, 0.25) is 0 Å². The van der Waals surface area contributed by atoms with E-state index in [9.17, 15) is 0 Å². The number of aliphatic hydroxyl groups is 1. The molecule has 0 atom stereocenters. The van der Waals surface area contributed by atoms with Crippen LogP contribution in [-0.2, 0) is 0 Å². The van der Waals surface area contributed by atoms with Gasteiger partial charge in [-0.2, -0.15) is 0 Å². The lowest BCUT2D eigenvalue weighted by atomic mass is 10.6. The zero-order valence-electron chi connectivity index (χ0n) is 6.92. The van der Waals surface area contributed by atoms with Crippen LogP contribution in [0.3, 0.4) is 0 Å². The van der Waals surface area contributed by atoms with Gasteiger partial charge in [0.05, 0.1) is 12.8 Å². The summed E-state index contributed by atoms with van der Waals surface area (Å²) >= 11 is 0. The van der Waals surface area contributed by atoms with Gasteiger partial charge >= 0.3 is 0 Å². The van der Waals surface area contributed by atoms with Crippen molar-refractivity contribution in [1.29, 1.82) is 0 Å². The van der Waals surface area contributed by atoms with Crippen molar-refractivity contribution >= 4 is 11.5 Å². The van der Waals surface area contributed by atoms with Crippen molar-refractivity contribution in [3.05, 3.63) is 18.5 Å². The Morgan fingerprint density at radius 2 is 2.46 bits per heavy atom. The minimum atomic E-state index is -0.0478. The predicted molar refractivity (Wildman–Crippen MR) is 46.1 cm³/mol. The molecule has 0 saturated heterocycles. The molecular weight excluding hydrogens is 172 g/mol. The molecule has 0 saturated carbocycles. The van der Waals surface area contributed by atoms with E-state index in [1.807, 2.05) is 0 Å². The highest BCUT2D eigenvalue weighted by Gasteiger charge is 2.05. The maximum atomic E-state index is 8.57. The van der Waals surface area contributed by atoms with Crippen LogP contribution in [0.5, 0.6) is 0 Å². The van der Waals surface area contributed by atoms with Gasteiger partial charge in [-0.1, -0.05) is 4.85 Å². The normalized spacial score (nSPS) is 10.8. The Kier molecular flexibility index (Phi) is 1.82. The zero-order valence-corrected chi connectivity index (χ0v) is 6.92. The second-order valence-electron chi connectivity index (χ2n) is 2.53. The number of rotatable bonds is 3. The summed E-state index contributed by atoms with van der Waals surface area (Å²) in [6.45, 7) is 0.153. The molecule has 70 valence electrons. The molecule has 0 aliphatic carbocycles. The number of fused-ring (bicyclic) bond motifs is 1. The van der Waals surface area contributed by atoms with Crippen molar-refractivity contribution in [2.75, 3.05) is 18.9 Å². The lowest BCUT2D eigenvalue weighted by Gasteiger charge is -2.07. The summed E-state index contributed by atoms with van der Waals surface area (Å²) in [7, 11) is 0. The second kappa shape index (κ2) is 2.98. The second-order valence-corrected chi connectivity index (χ2v) is 2.53. The van der Waals surface area contributed by atoms with Gasteiger partial charge in [-0.15, -0.1) is 0 Å². The molecule has 6 heteroatoms. The van der Waals surface area contributed by atoms with Crippen molar-refractivity contribution in [3.8, 4) is 0 Å². The van der Waals surface area contributed by atoms with Crippen LogP contribution >= 0.6 is 0 Å². The van der Waals surface area contributed by atoms with Gasteiger partial charge in [0.25, 0.3) is 0 Å². The molecule has 2 heterocycles. The fourth-order valence-corrected chi connectivity index (χ4v) is 1.14. The average Bonchev–Trinajstić information content (AvgIpc) is 2.62. The number of nitrogens with zero attached hydrogens (tertiary/aromatic N) is 3. The summed E-state index contributed by atoms with van der Waals surface area (Å²) in [5, 5.41) is 8.57. The highest BCUT2D eigenvalue weighted by molar-refractivity contribution is 5.48. The third-order valence-corrected chi connectivity index (χ3v) is 1.65. The molecular formula is C7H10N4O2. The van der Waals surface area contributed by atoms with Gasteiger partial charge in [-0.25, -0.2) is 9.50 Å². The summed E-state index contributed by atoms with van der Waals surface area (Å²) < 4.78 is 1.66. The number of imidazole rings is 1. The first kappa shape index (κ1) is 7.93. The van der Waals surface area contributed by atoms with Crippen LogP contribution in [0.25, 0.3) is 5.65 Å². The van der Waals surface area contributed by atoms with Crippen molar-refractivity contribution in [2.24, 2.45) is 0 Å². The van der Waals surface area contributed by atoms with Gasteiger partial charge < -0.3 is 15.7 Å². The van der Waals surface area contributed by atoms with E-state index in [1.165, 1.54) is 4.85 Å². The first-order valence-corrected chi connectivity index (χ1v) is 3.87. The lowest BCUT2D eigenvalue weighted by molar-refractivity contribution is 0.0515. The fourth-order valence-electron chi connectivity index (χ4n) is 1.14. The molecule has 2 aromatic heterocycles. The quantitative estimate of drug-likeness (QED) is 0.647. The van der Waals surface area contributed by atoms with E-state index in [-0.39, 0.29) is 13.2 Å². The molecule has 0 unspecified atom stereocenters.